The highest BCUT2D eigenvalue weighted by Crippen LogP contribution is 2.17. The van der Waals surface area contributed by atoms with E-state index in [0.717, 1.165) is 44.5 Å². The van der Waals surface area contributed by atoms with Gasteiger partial charge in [-0.2, -0.15) is 0 Å². The van der Waals surface area contributed by atoms with Crippen molar-refractivity contribution in [2.45, 2.75) is 25.7 Å². The summed E-state index contributed by atoms with van der Waals surface area (Å²) in [6.45, 7) is 2.43. The fourth-order valence-corrected chi connectivity index (χ4v) is 1.68. The standard InChI is InChI=1S/C10H20N2O/c11-10(3-1-2-8-13)9-4-6-12-7-5-9/h3,9,12-13H,1-2,4-8,11H2/b10-3-. The van der Waals surface area contributed by atoms with Gasteiger partial charge in [0.1, 0.15) is 0 Å². The lowest BCUT2D eigenvalue weighted by Crippen LogP contribution is -2.30. The molecule has 3 heteroatoms. The highest BCUT2D eigenvalue weighted by Gasteiger charge is 2.14. The molecule has 3 nitrogen and oxygen atoms in total. The van der Waals surface area contributed by atoms with Crippen LogP contribution in [-0.4, -0.2) is 24.8 Å². The van der Waals surface area contributed by atoms with Crippen LogP contribution in [0.25, 0.3) is 0 Å². The van der Waals surface area contributed by atoms with E-state index in [1.807, 2.05) is 0 Å². The molecule has 1 fully saturated rings. The smallest absolute Gasteiger partial charge is 0.0433 e. The molecular weight excluding hydrogens is 164 g/mol. The maximum Gasteiger partial charge on any atom is 0.0433 e. The summed E-state index contributed by atoms with van der Waals surface area (Å²) in [6.07, 6.45) is 6.12. The van der Waals surface area contributed by atoms with Crippen LogP contribution in [0, 0.1) is 5.92 Å². The molecule has 0 aliphatic carbocycles. The van der Waals surface area contributed by atoms with E-state index in [1.54, 1.807) is 0 Å². The first-order chi connectivity index (χ1) is 6.34. The first-order valence-corrected chi connectivity index (χ1v) is 5.11. The fourth-order valence-electron chi connectivity index (χ4n) is 1.68. The number of piperidine rings is 1. The quantitative estimate of drug-likeness (QED) is 0.561. The van der Waals surface area contributed by atoms with Gasteiger partial charge < -0.3 is 16.2 Å². The Bertz CT molecular complexity index is 162. The zero-order valence-corrected chi connectivity index (χ0v) is 8.13. The third-order valence-electron chi connectivity index (χ3n) is 2.55. The largest absolute Gasteiger partial charge is 0.402 e. The lowest BCUT2D eigenvalue weighted by molar-refractivity contribution is 0.289. The third kappa shape index (κ3) is 3.79. The molecule has 0 aromatic heterocycles. The number of rotatable bonds is 4. The van der Waals surface area contributed by atoms with Gasteiger partial charge in [-0.25, -0.2) is 0 Å². The average Bonchev–Trinajstić information content (AvgIpc) is 2.19. The zero-order chi connectivity index (χ0) is 9.52. The van der Waals surface area contributed by atoms with Crippen LogP contribution in [0.2, 0.25) is 0 Å². The van der Waals surface area contributed by atoms with Gasteiger partial charge in [-0.05, 0) is 38.8 Å². The van der Waals surface area contributed by atoms with Crippen LogP contribution in [0.5, 0.6) is 0 Å². The molecule has 0 aromatic carbocycles. The second-order valence-electron chi connectivity index (χ2n) is 3.59. The molecule has 4 N–H and O–H groups in total. The molecule has 76 valence electrons. The lowest BCUT2D eigenvalue weighted by atomic mass is 9.94. The van der Waals surface area contributed by atoms with Crippen molar-refractivity contribution in [3.63, 3.8) is 0 Å². The number of hydrogen-bond donors (Lipinski definition) is 3. The number of allylic oxidation sites excluding steroid dienone is 2. The highest BCUT2D eigenvalue weighted by molar-refractivity contribution is 5.03. The molecule has 0 atom stereocenters. The summed E-state index contributed by atoms with van der Waals surface area (Å²) in [5.41, 5.74) is 6.96. The van der Waals surface area contributed by atoms with Crippen molar-refractivity contribution < 1.29 is 5.11 Å². The van der Waals surface area contributed by atoms with Crippen molar-refractivity contribution >= 4 is 0 Å². The van der Waals surface area contributed by atoms with Crippen molar-refractivity contribution in [1.29, 1.82) is 0 Å². The maximum atomic E-state index is 8.61. The molecule has 0 saturated carbocycles. The lowest BCUT2D eigenvalue weighted by Gasteiger charge is -2.22. The molecule has 1 aliphatic rings. The number of nitrogens with one attached hydrogen (secondary N) is 1. The van der Waals surface area contributed by atoms with E-state index in [0.29, 0.717) is 5.92 Å². The molecule has 1 rings (SSSR count). The SMILES string of the molecule is N/C(=C\CCCO)C1CCNCC1. The van der Waals surface area contributed by atoms with Gasteiger partial charge in [0.2, 0.25) is 0 Å². The second kappa shape index (κ2) is 6.00. The van der Waals surface area contributed by atoms with Gasteiger partial charge in [-0.3, -0.25) is 0 Å². The molecule has 1 aliphatic heterocycles. The van der Waals surface area contributed by atoms with Gasteiger partial charge in [0.05, 0.1) is 0 Å². The number of unbranched alkanes of at least 4 members (excludes halogenated alkanes) is 1. The molecule has 0 unspecified atom stereocenters. The Labute approximate surface area is 80.0 Å². The van der Waals surface area contributed by atoms with Gasteiger partial charge in [-0.15, -0.1) is 0 Å². The first kappa shape index (κ1) is 10.5. The minimum Gasteiger partial charge on any atom is -0.402 e. The van der Waals surface area contributed by atoms with Gasteiger partial charge in [-0.1, -0.05) is 6.08 Å². The van der Waals surface area contributed by atoms with E-state index in [2.05, 4.69) is 11.4 Å². The molecule has 1 saturated heterocycles. The van der Waals surface area contributed by atoms with Gasteiger partial charge >= 0.3 is 0 Å². The monoisotopic (exact) mass is 184 g/mol. The van der Waals surface area contributed by atoms with Crippen LogP contribution >= 0.6 is 0 Å². The topological polar surface area (TPSA) is 58.3 Å². The summed E-state index contributed by atoms with van der Waals surface area (Å²) in [4.78, 5) is 0. The molecule has 1 heterocycles. The van der Waals surface area contributed by atoms with Gasteiger partial charge in [0.15, 0.2) is 0 Å². The summed E-state index contributed by atoms with van der Waals surface area (Å²) < 4.78 is 0. The van der Waals surface area contributed by atoms with Crippen LogP contribution in [0.15, 0.2) is 11.8 Å². The molecule has 13 heavy (non-hydrogen) atoms. The Morgan fingerprint density at radius 1 is 1.46 bits per heavy atom. The van der Waals surface area contributed by atoms with Crippen LogP contribution in [0.3, 0.4) is 0 Å². The Kier molecular flexibility index (Phi) is 4.86. The highest BCUT2D eigenvalue weighted by atomic mass is 16.2. The molecule has 0 spiro atoms. The van der Waals surface area contributed by atoms with E-state index in [9.17, 15) is 0 Å². The maximum absolute atomic E-state index is 8.61. The number of aliphatic hydroxyl groups excluding tert-OH is 1. The number of nitrogens with two attached hydrogens (primary N) is 1. The van der Waals surface area contributed by atoms with E-state index >= 15 is 0 Å². The normalized spacial score (nSPS) is 20.5. The van der Waals surface area contributed by atoms with Crippen LogP contribution in [-0.2, 0) is 0 Å². The van der Waals surface area contributed by atoms with Crippen molar-refractivity contribution in [2.24, 2.45) is 11.7 Å². The van der Waals surface area contributed by atoms with Crippen LogP contribution < -0.4 is 11.1 Å². The van der Waals surface area contributed by atoms with Crippen LogP contribution in [0.1, 0.15) is 25.7 Å². The number of hydrogen-bond acceptors (Lipinski definition) is 3. The summed E-state index contributed by atoms with van der Waals surface area (Å²) in [7, 11) is 0. The van der Waals surface area contributed by atoms with Crippen molar-refractivity contribution in [1.82, 2.24) is 5.32 Å². The third-order valence-corrected chi connectivity index (χ3v) is 2.55. The van der Waals surface area contributed by atoms with Crippen molar-refractivity contribution in [3.05, 3.63) is 11.8 Å². The molecular formula is C10H20N2O. The fraction of sp³-hybridized carbons (Fsp3) is 0.800. The minimum atomic E-state index is 0.260. The summed E-state index contributed by atoms with van der Waals surface area (Å²) in [5.74, 6) is 0.569. The van der Waals surface area contributed by atoms with E-state index in [-0.39, 0.29) is 6.61 Å². The average molecular weight is 184 g/mol. The summed E-state index contributed by atoms with van der Waals surface area (Å²) in [5, 5.41) is 11.9. The minimum absolute atomic E-state index is 0.260. The predicted molar refractivity (Wildman–Crippen MR) is 54.2 cm³/mol. The molecule has 0 bridgehead atoms. The predicted octanol–water partition coefficient (Wildman–Crippen LogP) is 0.601. The molecule has 0 amide bonds. The Hall–Kier alpha value is -0.540. The Morgan fingerprint density at radius 2 is 2.15 bits per heavy atom. The van der Waals surface area contributed by atoms with E-state index in [1.165, 1.54) is 0 Å². The zero-order valence-electron chi connectivity index (χ0n) is 8.13. The van der Waals surface area contributed by atoms with Crippen molar-refractivity contribution in [3.8, 4) is 0 Å². The van der Waals surface area contributed by atoms with E-state index in [4.69, 9.17) is 10.8 Å². The molecule has 0 aromatic rings. The van der Waals surface area contributed by atoms with Gasteiger partial charge in [0, 0.05) is 18.2 Å². The first-order valence-electron chi connectivity index (χ1n) is 5.11. The van der Waals surface area contributed by atoms with Gasteiger partial charge in [0.25, 0.3) is 0 Å². The Balaban J connectivity index is 2.27. The van der Waals surface area contributed by atoms with Crippen LogP contribution in [0.4, 0.5) is 0 Å². The summed E-state index contributed by atoms with van der Waals surface area (Å²) in [6, 6.07) is 0. The van der Waals surface area contributed by atoms with E-state index < -0.39 is 0 Å². The Morgan fingerprint density at radius 3 is 2.77 bits per heavy atom. The summed E-state index contributed by atoms with van der Waals surface area (Å²) >= 11 is 0. The second-order valence-corrected chi connectivity index (χ2v) is 3.59. The molecule has 0 radical (unpaired) electrons. The number of aliphatic hydroxyl groups is 1. The van der Waals surface area contributed by atoms with Crippen molar-refractivity contribution in [2.75, 3.05) is 19.7 Å².